The number of thiazole rings is 1. The Hall–Kier alpha value is -1.92. The van der Waals surface area contributed by atoms with Crippen LogP contribution in [0.2, 0.25) is 0 Å². The molecule has 1 amide bonds. The van der Waals surface area contributed by atoms with Gasteiger partial charge in [-0.2, -0.15) is 0 Å². The Labute approximate surface area is 153 Å². The number of carbonyl (C=O) groups excluding carboxylic acids is 1. The average molecular weight is 359 g/mol. The molecule has 1 fully saturated rings. The van der Waals surface area contributed by atoms with Crippen molar-refractivity contribution in [1.29, 1.82) is 0 Å². The van der Waals surface area contributed by atoms with Crippen LogP contribution in [-0.4, -0.2) is 35.5 Å². The lowest BCUT2D eigenvalue weighted by atomic mass is 10.2. The highest BCUT2D eigenvalue weighted by molar-refractivity contribution is 7.09. The zero-order chi connectivity index (χ0) is 17.8. The monoisotopic (exact) mass is 359 g/mol. The van der Waals surface area contributed by atoms with Crippen LogP contribution < -0.4 is 10.1 Å². The van der Waals surface area contributed by atoms with Gasteiger partial charge in [-0.15, -0.1) is 11.3 Å². The summed E-state index contributed by atoms with van der Waals surface area (Å²) in [5, 5.41) is 6.30. The lowest BCUT2D eigenvalue weighted by molar-refractivity contribution is -0.120. The van der Waals surface area contributed by atoms with Crippen LogP contribution >= 0.6 is 11.3 Å². The molecule has 1 aromatic heterocycles. The van der Waals surface area contributed by atoms with Gasteiger partial charge in [0.15, 0.2) is 0 Å². The first-order chi connectivity index (χ1) is 12.1. The lowest BCUT2D eigenvalue weighted by Gasteiger charge is -2.22. The van der Waals surface area contributed by atoms with Crippen molar-refractivity contribution in [2.75, 3.05) is 19.0 Å². The van der Waals surface area contributed by atoms with Crippen LogP contribution in [0.4, 0.5) is 5.69 Å². The van der Waals surface area contributed by atoms with Gasteiger partial charge in [-0.1, -0.05) is 13.8 Å². The van der Waals surface area contributed by atoms with Crippen LogP contribution in [0.15, 0.2) is 29.6 Å². The minimum Gasteiger partial charge on any atom is -0.497 e. The summed E-state index contributed by atoms with van der Waals surface area (Å²) in [7, 11) is 1.63. The summed E-state index contributed by atoms with van der Waals surface area (Å²) in [6.45, 7) is 5.99. The first-order valence-corrected chi connectivity index (χ1v) is 9.58. The number of aromatic nitrogens is 1. The van der Waals surface area contributed by atoms with Crippen molar-refractivity contribution in [3.63, 3.8) is 0 Å². The van der Waals surface area contributed by atoms with E-state index in [2.05, 4.69) is 29.4 Å². The molecule has 1 aromatic carbocycles. The number of ether oxygens (including phenoxy) is 1. The molecule has 0 bridgehead atoms. The zero-order valence-electron chi connectivity index (χ0n) is 15.0. The lowest BCUT2D eigenvalue weighted by Crippen LogP contribution is -2.39. The van der Waals surface area contributed by atoms with Crippen LogP contribution in [0.25, 0.3) is 0 Å². The molecule has 0 unspecified atom stereocenters. The Bertz CT molecular complexity index is 712. The van der Waals surface area contributed by atoms with Crippen molar-refractivity contribution in [3.05, 3.63) is 40.3 Å². The third-order valence-corrected chi connectivity index (χ3v) is 5.65. The maximum Gasteiger partial charge on any atom is 0.241 e. The third-order valence-electron chi connectivity index (χ3n) is 4.45. The van der Waals surface area contributed by atoms with Crippen molar-refractivity contribution in [2.45, 2.75) is 45.2 Å². The number of anilines is 1. The molecule has 1 aliphatic heterocycles. The van der Waals surface area contributed by atoms with Gasteiger partial charge in [0.05, 0.1) is 23.9 Å². The maximum absolute atomic E-state index is 12.7. The summed E-state index contributed by atoms with van der Waals surface area (Å²) >= 11 is 1.71. The van der Waals surface area contributed by atoms with Crippen LogP contribution in [0.3, 0.4) is 0 Å². The van der Waals surface area contributed by atoms with Gasteiger partial charge in [0.1, 0.15) is 5.75 Å². The predicted molar refractivity (Wildman–Crippen MR) is 101 cm³/mol. The number of rotatable bonds is 6. The second-order valence-electron chi connectivity index (χ2n) is 6.68. The molecule has 1 saturated heterocycles. The van der Waals surface area contributed by atoms with Crippen molar-refractivity contribution >= 4 is 22.9 Å². The third kappa shape index (κ3) is 4.38. The summed E-state index contributed by atoms with van der Waals surface area (Å²) in [6.07, 6.45) is 1.94. The number of nitrogens with one attached hydrogen (secondary N) is 1. The second-order valence-corrected chi connectivity index (χ2v) is 7.57. The van der Waals surface area contributed by atoms with E-state index in [-0.39, 0.29) is 11.9 Å². The Kier molecular flexibility index (Phi) is 5.71. The van der Waals surface area contributed by atoms with Crippen LogP contribution in [0.5, 0.6) is 5.75 Å². The van der Waals surface area contributed by atoms with Crippen molar-refractivity contribution in [1.82, 2.24) is 9.88 Å². The summed E-state index contributed by atoms with van der Waals surface area (Å²) < 4.78 is 5.15. The van der Waals surface area contributed by atoms with E-state index in [0.717, 1.165) is 48.1 Å². The molecule has 1 atom stereocenters. The largest absolute Gasteiger partial charge is 0.497 e. The van der Waals surface area contributed by atoms with Crippen LogP contribution in [0.1, 0.15) is 43.3 Å². The second kappa shape index (κ2) is 7.97. The van der Waals surface area contributed by atoms with E-state index in [1.165, 1.54) is 0 Å². The quantitative estimate of drug-likeness (QED) is 0.850. The summed E-state index contributed by atoms with van der Waals surface area (Å²) in [6, 6.07) is 7.35. The van der Waals surface area contributed by atoms with Crippen LogP contribution in [-0.2, 0) is 11.3 Å². The normalized spacial score (nSPS) is 17.8. The highest BCUT2D eigenvalue weighted by Crippen LogP contribution is 2.25. The van der Waals surface area contributed by atoms with Gasteiger partial charge in [0, 0.05) is 23.5 Å². The number of hydrogen-bond donors (Lipinski definition) is 1. The molecular weight excluding hydrogens is 334 g/mol. The Morgan fingerprint density at radius 1 is 1.40 bits per heavy atom. The standard InChI is InChI=1S/C19H25N3O2S/c1-13(2)19-21-15(12-25-19)11-22-10-4-5-17(22)18(23)20-14-6-8-16(24-3)9-7-14/h6-9,12-13,17H,4-5,10-11H2,1-3H3,(H,20,23)/t17-/m1/s1. The smallest absolute Gasteiger partial charge is 0.241 e. The Morgan fingerprint density at radius 2 is 2.16 bits per heavy atom. The van der Waals surface area contributed by atoms with E-state index in [4.69, 9.17) is 9.72 Å². The van der Waals surface area contributed by atoms with Gasteiger partial charge in [-0.05, 0) is 43.7 Å². The molecule has 5 nitrogen and oxygen atoms in total. The van der Waals surface area contributed by atoms with Crippen molar-refractivity contribution in [3.8, 4) is 5.75 Å². The predicted octanol–water partition coefficient (Wildman–Crippen LogP) is 3.88. The average Bonchev–Trinajstić information content (AvgIpc) is 3.25. The highest BCUT2D eigenvalue weighted by atomic mass is 32.1. The Morgan fingerprint density at radius 3 is 2.80 bits per heavy atom. The Balaban J connectivity index is 1.62. The van der Waals surface area contributed by atoms with Crippen LogP contribution in [0, 0.1) is 0 Å². The molecule has 1 aliphatic rings. The topological polar surface area (TPSA) is 54.5 Å². The minimum absolute atomic E-state index is 0.0574. The van der Waals surface area contributed by atoms with E-state index in [1.807, 2.05) is 24.3 Å². The molecule has 0 radical (unpaired) electrons. The molecule has 134 valence electrons. The maximum atomic E-state index is 12.7. The molecule has 2 aromatic rings. The van der Waals surface area contributed by atoms with Crippen molar-refractivity contribution < 1.29 is 9.53 Å². The number of carbonyl (C=O) groups is 1. The zero-order valence-corrected chi connectivity index (χ0v) is 15.8. The molecule has 1 N–H and O–H groups in total. The van der Waals surface area contributed by atoms with E-state index in [1.54, 1.807) is 18.4 Å². The van der Waals surface area contributed by atoms with Gasteiger partial charge in [0.25, 0.3) is 0 Å². The summed E-state index contributed by atoms with van der Waals surface area (Å²) in [5.74, 6) is 1.29. The first kappa shape index (κ1) is 17.9. The van der Waals surface area contributed by atoms with Crippen molar-refractivity contribution in [2.24, 2.45) is 0 Å². The molecule has 0 aliphatic carbocycles. The fourth-order valence-corrected chi connectivity index (χ4v) is 3.91. The summed E-state index contributed by atoms with van der Waals surface area (Å²) in [5.41, 5.74) is 1.87. The number of methoxy groups -OCH3 is 1. The molecule has 0 saturated carbocycles. The molecular formula is C19H25N3O2S. The molecule has 3 rings (SSSR count). The van der Waals surface area contributed by atoms with Gasteiger partial charge >= 0.3 is 0 Å². The van der Waals surface area contributed by atoms with E-state index in [0.29, 0.717) is 5.92 Å². The number of benzene rings is 1. The number of amides is 1. The fourth-order valence-electron chi connectivity index (χ4n) is 3.08. The first-order valence-electron chi connectivity index (χ1n) is 8.70. The van der Waals surface area contributed by atoms with Gasteiger partial charge in [0.2, 0.25) is 5.91 Å². The van der Waals surface area contributed by atoms with Gasteiger partial charge in [-0.3, -0.25) is 9.69 Å². The van der Waals surface area contributed by atoms with Gasteiger partial charge < -0.3 is 10.1 Å². The number of nitrogens with zero attached hydrogens (tertiary/aromatic N) is 2. The minimum atomic E-state index is -0.0914. The molecule has 0 spiro atoms. The molecule has 6 heteroatoms. The highest BCUT2D eigenvalue weighted by Gasteiger charge is 2.31. The SMILES string of the molecule is COc1ccc(NC(=O)[C@H]2CCCN2Cc2csc(C(C)C)n2)cc1. The summed E-state index contributed by atoms with van der Waals surface area (Å²) in [4.78, 5) is 19.6. The van der Waals surface area contributed by atoms with Gasteiger partial charge in [-0.25, -0.2) is 4.98 Å². The number of likely N-dealkylation sites (tertiary alicyclic amines) is 1. The fraction of sp³-hybridized carbons (Fsp3) is 0.474. The molecule has 25 heavy (non-hydrogen) atoms. The molecule has 2 heterocycles. The van der Waals surface area contributed by atoms with E-state index < -0.39 is 0 Å². The number of hydrogen-bond acceptors (Lipinski definition) is 5. The van der Waals surface area contributed by atoms with E-state index in [9.17, 15) is 4.79 Å². The van der Waals surface area contributed by atoms with E-state index >= 15 is 0 Å².